The molecule has 70 valence electrons. The van der Waals surface area contributed by atoms with Gasteiger partial charge in [-0.3, -0.25) is 4.79 Å². The SMILES string of the molecule is C=C(CC(CC)N(C)C)C(N)=O. The molecular formula is C9H18N2O. The lowest BCUT2D eigenvalue weighted by Crippen LogP contribution is -2.29. The molecule has 0 aliphatic rings. The summed E-state index contributed by atoms with van der Waals surface area (Å²) in [4.78, 5) is 12.8. The van der Waals surface area contributed by atoms with Crippen molar-refractivity contribution in [1.82, 2.24) is 4.90 Å². The summed E-state index contributed by atoms with van der Waals surface area (Å²) in [5.74, 6) is -0.393. The highest BCUT2D eigenvalue weighted by Gasteiger charge is 2.12. The van der Waals surface area contributed by atoms with Gasteiger partial charge in [0.2, 0.25) is 5.91 Å². The number of amides is 1. The van der Waals surface area contributed by atoms with Crippen molar-refractivity contribution in [3.05, 3.63) is 12.2 Å². The zero-order valence-electron chi connectivity index (χ0n) is 8.13. The van der Waals surface area contributed by atoms with Crippen molar-refractivity contribution in [2.45, 2.75) is 25.8 Å². The lowest BCUT2D eigenvalue weighted by Gasteiger charge is -2.22. The van der Waals surface area contributed by atoms with E-state index < -0.39 is 5.91 Å². The van der Waals surface area contributed by atoms with Crippen LogP contribution in [0.3, 0.4) is 0 Å². The molecule has 1 amide bonds. The van der Waals surface area contributed by atoms with Crippen molar-refractivity contribution in [2.24, 2.45) is 5.73 Å². The van der Waals surface area contributed by atoms with Gasteiger partial charge in [-0.2, -0.15) is 0 Å². The third-order valence-corrected chi connectivity index (χ3v) is 2.03. The largest absolute Gasteiger partial charge is 0.366 e. The molecule has 0 aromatic carbocycles. The second-order valence-corrected chi connectivity index (χ2v) is 3.20. The number of hydrogen-bond donors (Lipinski definition) is 1. The number of nitrogens with two attached hydrogens (primary N) is 1. The molecule has 0 rings (SSSR count). The minimum absolute atomic E-state index is 0.366. The smallest absolute Gasteiger partial charge is 0.244 e. The van der Waals surface area contributed by atoms with Crippen LogP contribution in [0, 0.1) is 0 Å². The monoisotopic (exact) mass is 170 g/mol. The summed E-state index contributed by atoms with van der Waals surface area (Å²) < 4.78 is 0. The Morgan fingerprint density at radius 2 is 2.08 bits per heavy atom. The van der Waals surface area contributed by atoms with Crippen LogP contribution in [0.1, 0.15) is 19.8 Å². The molecule has 0 saturated carbocycles. The van der Waals surface area contributed by atoms with Gasteiger partial charge in [-0.15, -0.1) is 0 Å². The minimum Gasteiger partial charge on any atom is -0.366 e. The predicted molar refractivity (Wildman–Crippen MR) is 50.7 cm³/mol. The number of carbonyl (C=O) groups is 1. The van der Waals surface area contributed by atoms with Crippen LogP contribution in [-0.4, -0.2) is 30.9 Å². The van der Waals surface area contributed by atoms with Crippen molar-refractivity contribution in [2.75, 3.05) is 14.1 Å². The highest BCUT2D eigenvalue weighted by Crippen LogP contribution is 2.10. The van der Waals surface area contributed by atoms with Crippen molar-refractivity contribution < 1.29 is 4.79 Å². The van der Waals surface area contributed by atoms with Crippen LogP contribution < -0.4 is 5.73 Å². The predicted octanol–water partition coefficient (Wildman–Crippen LogP) is 0.758. The first-order valence-electron chi connectivity index (χ1n) is 4.13. The zero-order chi connectivity index (χ0) is 9.72. The van der Waals surface area contributed by atoms with E-state index in [9.17, 15) is 4.79 Å². The summed E-state index contributed by atoms with van der Waals surface area (Å²) in [5, 5.41) is 0. The summed E-state index contributed by atoms with van der Waals surface area (Å²) in [6, 6.07) is 0.366. The van der Waals surface area contributed by atoms with Gasteiger partial charge in [-0.05, 0) is 26.9 Å². The molecule has 2 N–H and O–H groups in total. The third-order valence-electron chi connectivity index (χ3n) is 2.03. The van der Waals surface area contributed by atoms with E-state index in [0.29, 0.717) is 18.0 Å². The molecule has 0 spiro atoms. The first-order valence-corrected chi connectivity index (χ1v) is 4.13. The van der Waals surface area contributed by atoms with Gasteiger partial charge < -0.3 is 10.6 Å². The molecule has 0 fully saturated rings. The van der Waals surface area contributed by atoms with Crippen molar-refractivity contribution in [1.29, 1.82) is 0 Å². The van der Waals surface area contributed by atoms with Gasteiger partial charge in [0.15, 0.2) is 0 Å². The molecule has 3 heteroatoms. The van der Waals surface area contributed by atoms with E-state index >= 15 is 0 Å². The summed E-state index contributed by atoms with van der Waals surface area (Å²) >= 11 is 0. The molecule has 12 heavy (non-hydrogen) atoms. The molecule has 0 aliphatic carbocycles. The highest BCUT2D eigenvalue weighted by atomic mass is 16.1. The number of nitrogens with zero attached hydrogens (tertiary/aromatic N) is 1. The molecular weight excluding hydrogens is 152 g/mol. The molecule has 0 heterocycles. The maximum absolute atomic E-state index is 10.7. The van der Waals surface area contributed by atoms with E-state index in [1.54, 1.807) is 0 Å². The average Bonchev–Trinajstić information content (AvgIpc) is 1.98. The average molecular weight is 170 g/mol. The van der Waals surface area contributed by atoms with E-state index in [4.69, 9.17) is 5.73 Å². The third kappa shape index (κ3) is 3.53. The maximum atomic E-state index is 10.7. The lowest BCUT2D eigenvalue weighted by molar-refractivity contribution is -0.114. The Labute approximate surface area is 74.2 Å². The van der Waals surface area contributed by atoms with Crippen LogP contribution in [-0.2, 0) is 4.79 Å². The quantitative estimate of drug-likeness (QED) is 0.619. The Morgan fingerprint density at radius 3 is 2.33 bits per heavy atom. The van der Waals surface area contributed by atoms with E-state index in [-0.39, 0.29) is 0 Å². The standard InChI is InChI=1S/C9H18N2O/c1-5-8(11(3)4)6-7(2)9(10)12/h8H,2,5-6H2,1,3-4H3,(H2,10,12). The summed E-state index contributed by atoms with van der Waals surface area (Å²) in [7, 11) is 3.98. The Bertz CT molecular complexity index is 175. The molecule has 1 unspecified atom stereocenters. The lowest BCUT2D eigenvalue weighted by atomic mass is 10.0. The second kappa shape index (κ2) is 4.93. The topological polar surface area (TPSA) is 46.3 Å². The van der Waals surface area contributed by atoms with Gasteiger partial charge >= 0.3 is 0 Å². The molecule has 0 radical (unpaired) electrons. The van der Waals surface area contributed by atoms with Gasteiger partial charge in [-0.1, -0.05) is 13.5 Å². The molecule has 0 saturated heterocycles. The van der Waals surface area contributed by atoms with Crippen LogP contribution >= 0.6 is 0 Å². The van der Waals surface area contributed by atoms with Gasteiger partial charge in [0, 0.05) is 11.6 Å². The highest BCUT2D eigenvalue weighted by molar-refractivity contribution is 5.91. The van der Waals surface area contributed by atoms with Crippen LogP contribution in [0.15, 0.2) is 12.2 Å². The van der Waals surface area contributed by atoms with Crippen molar-refractivity contribution in [3.63, 3.8) is 0 Å². The van der Waals surface area contributed by atoms with Crippen molar-refractivity contribution in [3.8, 4) is 0 Å². The second-order valence-electron chi connectivity index (χ2n) is 3.20. The number of carbonyl (C=O) groups excluding carboxylic acids is 1. The number of primary amides is 1. The molecule has 1 atom stereocenters. The first-order chi connectivity index (χ1) is 5.49. The molecule has 0 bridgehead atoms. The van der Waals surface area contributed by atoms with Gasteiger partial charge in [0.1, 0.15) is 0 Å². The van der Waals surface area contributed by atoms with E-state index in [0.717, 1.165) is 6.42 Å². The van der Waals surface area contributed by atoms with Crippen LogP contribution in [0.5, 0.6) is 0 Å². The van der Waals surface area contributed by atoms with E-state index in [2.05, 4.69) is 18.4 Å². The van der Waals surface area contributed by atoms with Gasteiger partial charge in [-0.25, -0.2) is 0 Å². The normalized spacial score (nSPS) is 13.0. The summed E-state index contributed by atoms with van der Waals surface area (Å²) in [5.41, 5.74) is 5.59. The Hall–Kier alpha value is -0.830. The Kier molecular flexibility index (Phi) is 4.59. The summed E-state index contributed by atoms with van der Waals surface area (Å²) in [6.45, 7) is 5.71. The van der Waals surface area contributed by atoms with Crippen LogP contribution in [0.4, 0.5) is 0 Å². The Morgan fingerprint density at radius 1 is 1.58 bits per heavy atom. The first kappa shape index (κ1) is 11.2. The molecule has 0 aromatic rings. The minimum atomic E-state index is -0.393. The maximum Gasteiger partial charge on any atom is 0.244 e. The number of rotatable bonds is 5. The fourth-order valence-corrected chi connectivity index (χ4v) is 1.08. The van der Waals surface area contributed by atoms with Gasteiger partial charge in [0.25, 0.3) is 0 Å². The van der Waals surface area contributed by atoms with Crippen LogP contribution in [0.25, 0.3) is 0 Å². The molecule has 0 aromatic heterocycles. The van der Waals surface area contributed by atoms with E-state index in [1.165, 1.54) is 0 Å². The van der Waals surface area contributed by atoms with Crippen molar-refractivity contribution >= 4 is 5.91 Å². The molecule has 0 aliphatic heterocycles. The Balaban J connectivity index is 4.03. The van der Waals surface area contributed by atoms with E-state index in [1.807, 2.05) is 14.1 Å². The van der Waals surface area contributed by atoms with Gasteiger partial charge in [0.05, 0.1) is 0 Å². The number of hydrogen-bond acceptors (Lipinski definition) is 2. The van der Waals surface area contributed by atoms with Crippen LogP contribution in [0.2, 0.25) is 0 Å². The summed E-state index contributed by atoms with van der Waals surface area (Å²) in [6.07, 6.45) is 1.66. The molecule has 3 nitrogen and oxygen atoms in total. The fourth-order valence-electron chi connectivity index (χ4n) is 1.08. The zero-order valence-corrected chi connectivity index (χ0v) is 8.13. The fraction of sp³-hybridized carbons (Fsp3) is 0.667.